The van der Waals surface area contributed by atoms with E-state index in [1.54, 1.807) is 0 Å². The molecule has 0 bridgehead atoms. The van der Waals surface area contributed by atoms with Crippen LogP contribution < -0.4 is 5.32 Å². The number of carboxylic acids is 1. The van der Waals surface area contributed by atoms with Gasteiger partial charge in [0.1, 0.15) is 12.6 Å². The van der Waals surface area contributed by atoms with Crippen LogP contribution in [0.15, 0.2) is 42.5 Å². The van der Waals surface area contributed by atoms with Gasteiger partial charge in [-0.2, -0.15) is 11.8 Å². The third-order valence-corrected chi connectivity index (χ3v) is 5.89. The highest BCUT2D eigenvalue weighted by molar-refractivity contribution is 7.99. The van der Waals surface area contributed by atoms with Crippen LogP contribution in [0.25, 0.3) is 11.1 Å². The Kier molecular flexibility index (Phi) is 7.13. The van der Waals surface area contributed by atoms with Crippen LogP contribution in [-0.4, -0.2) is 57.6 Å². The van der Waals surface area contributed by atoms with E-state index in [9.17, 15) is 19.8 Å². The molecule has 2 aromatic rings. The van der Waals surface area contributed by atoms with Crippen LogP contribution in [0.1, 0.15) is 16.7 Å². The summed E-state index contributed by atoms with van der Waals surface area (Å²) in [6, 6.07) is 12.9. The van der Waals surface area contributed by atoms with Crippen molar-refractivity contribution in [1.82, 2.24) is 5.32 Å². The van der Waals surface area contributed by atoms with E-state index >= 15 is 0 Å². The van der Waals surface area contributed by atoms with Crippen molar-refractivity contribution in [3.63, 3.8) is 0 Å². The Morgan fingerprint density at radius 3 is 2.62 bits per heavy atom. The number of nitrogens with one attached hydrogen (secondary N) is 1. The topological polar surface area (TPSA) is 116 Å². The molecule has 154 valence electrons. The van der Waals surface area contributed by atoms with Crippen LogP contribution in [0.3, 0.4) is 0 Å². The van der Waals surface area contributed by atoms with E-state index in [1.165, 1.54) is 11.1 Å². The normalized spacial score (nSPS) is 13.9. The zero-order valence-electron chi connectivity index (χ0n) is 15.7. The molecule has 2 aromatic carbocycles. The lowest BCUT2D eigenvalue weighted by Gasteiger charge is -2.16. The smallest absolute Gasteiger partial charge is 0.408 e. The SMILES string of the molecule is O=C(N[C@@H](CSC[C@@H](O)CO)C(=O)O)OCc1cccc2c1Cc1ccccc1-2. The summed E-state index contributed by atoms with van der Waals surface area (Å²) in [5, 5.41) is 29.7. The number of ether oxygens (including phenoxy) is 1. The van der Waals surface area contributed by atoms with Crippen LogP contribution in [0.5, 0.6) is 0 Å². The number of aliphatic carboxylic acids is 1. The Hall–Kier alpha value is -2.55. The molecule has 7 nitrogen and oxygen atoms in total. The van der Waals surface area contributed by atoms with Gasteiger partial charge in [-0.25, -0.2) is 9.59 Å². The summed E-state index contributed by atoms with van der Waals surface area (Å²) < 4.78 is 5.27. The molecule has 1 amide bonds. The number of aliphatic hydroxyl groups is 2. The largest absolute Gasteiger partial charge is 0.480 e. The van der Waals surface area contributed by atoms with Gasteiger partial charge in [0.05, 0.1) is 12.7 Å². The Bertz CT molecular complexity index is 887. The van der Waals surface area contributed by atoms with Crippen molar-refractivity contribution in [2.75, 3.05) is 18.1 Å². The van der Waals surface area contributed by atoms with Crippen LogP contribution in [0.2, 0.25) is 0 Å². The second-order valence-corrected chi connectivity index (χ2v) is 7.84. The fraction of sp³-hybridized carbons (Fsp3) is 0.333. The van der Waals surface area contributed by atoms with E-state index in [2.05, 4.69) is 17.4 Å². The number of carboxylic acid groups (broad SMARTS) is 1. The highest BCUT2D eigenvalue weighted by Crippen LogP contribution is 2.38. The van der Waals surface area contributed by atoms with Gasteiger partial charge in [-0.05, 0) is 34.2 Å². The quantitative estimate of drug-likeness (QED) is 0.421. The van der Waals surface area contributed by atoms with E-state index in [-0.39, 0.29) is 18.1 Å². The predicted molar refractivity (Wildman–Crippen MR) is 110 cm³/mol. The molecule has 0 aromatic heterocycles. The zero-order chi connectivity index (χ0) is 20.8. The first-order chi connectivity index (χ1) is 14.0. The Morgan fingerprint density at radius 2 is 1.86 bits per heavy atom. The fourth-order valence-electron chi connectivity index (χ4n) is 3.24. The number of amides is 1. The fourth-order valence-corrected chi connectivity index (χ4v) is 4.21. The Labute approximate surface area is 172 Å². The summed E-state index contributed by atoms with van der Waals surface area (Å²) in [4.78, 5) is 23.4. The maximum absolute atomic E-state index is 12.1. The average molecular weight is 417 g/mol. The van der Waals surface area contributed by atoms with Crippen LogP contribution >= 0.6 is 11.8 Å². The number of hydrogen-bond acceptors (Lipinski definition) is 6. The van der Waals surface area contributed by atoms with Crippen molar-refractivity contribution >= 4 is 23.8 Å². The number of rotatable bonds is 9. The summed E-state index contributed by atoms with van der Waals surface area (Å²) in [6.07, 6.45) is -0.965. The molecule has 1 aliphatic rings. The summed E-state index contributed by atoms with van der Waals surface area (Å²) in [5.74, 6) is -0.963. The molecule has 0 saturated carbocycles. The van der Waals surface area contributed by atoms with Crippen LogP contribution in [0.4, 0.5) is 4.79 Å². The molecule has 8 heteroatoms. The molecule has 4 N–H and O–H groups in total. The summed E-state index contributed by atoms with van der Waals surface area (Å²) in [6.45, 7) is -0.350. The first-order valence-corrected chi connectivity index (χ1v) is 10.4. The first-order valence-electron chi connectivity index (χ1n) is 9.21. The number of aliphatic hydroxyl groups excluding tert-OH is 2. The minimum Gasteiger partial charge on any atom is -0.480 e. The van der Waals surface area contributed by atoms with Gasteiger partial charge in [0.15, 0.2) is 0 Å². The van der Waals surface area contributed by atoms with Crippen molar-refractivity contribution in [2.24, 2.45) is 0 Å². The number of thioether (sulfide) groups is 1. The third kappa shape index (κ3) is 5.29. The van der Waals surface area contributed by atoms with Gasteiger partial charge in [0.2, 0.25) is 0 Å². The maximum atomic E-state index is 12.1. The number of carbonyl (C=O) groups is 2. The molecule has 0 unspecified atom stereocenters. The number of fused-ring (bicyclic) bond motifs is 3. The summed E-state index contributed by atoms with van der Waals surface area (Å²) in [5.41, 5.74) is 5.55. The lowest BCUT2D eigenvalue weighted by atomic mass is 10.0. The molecule has 0 aliphatic heterocycles. The lowest BCUT2D eigenvalue weighted by Crippen LogP contribution is -2.43. The van der Waals surface area contributed by atoms with Gasteiger partial charge in [-0.1, -0.05) is 42.5 Å². The van der Waals surface area contributed by atoms with Gasteiger partial charge < -0.3 is 25.4 Å². The van der Waals surface area contributed by atoms with Crippen molar-refractivity contribution in [3.05, 3.63) is 59.2 Å². The Balaban J connectivity index is 1.56. The number of benzene rings is 2. The highest BCUT2D eigenvalue weighted by atomic mass is 32.2. The zero-order valence-corrected chi connectivity index (χ0v) is 16.5. The monoisotopic (exact) mass is 417 g/mol. The summed E-state index contributed by atoms with van der Waals surface area (Å²) in [7, 11) is 0. The van der Waals surface area contributed by atoms with Gasteiger partial charge in [0, 0.05) is 11.5 Å². The minimum absolute atomic E-state index is 0.0473. The molecule has 0 heterocycles. The van der Waals surface area contributed by atoms with Crippen LogP contribution in [0, 0.1) is 0 Å². The van der Waals surface area contributed by atoms with Gasteiger partial charge in [0.25, 0.3) is 0 Å². The molecule has 29 heavy (non-hydrogen) atoms. The molecule has 0 fully saturated rings. The van der Waals surface area contributed by atoms with Crippen molar-refractivity contribution in [2.45, 2.75) is 25.2 Å². The second-order valence-electron chi connectivity index (χ2n) is 6.76. The molecular weight excluding hydrogens is 394 g/mol. The molecule has 0 saturated heterocycles. The first kappa shape index (κ1) is 21.2. The number of carbonyl (C=O) groups excluding carboxylic acids is 1. The molecule has 0 spiro atoms. The predicted octanol–water partition coefficient (Wildman–Crippen LogP) is 2.02. The second kappa shape index (κ2) is 9.78. The van der Waals surface area contributed by atoms with Crippen LogP contribution in [-0.2, 0) is 22.6 Å². The van der Waals surface area contributed by atoms with E-state index in [0.717, 1.165) is 34.9 Å². The number of hydrogen-bond donors (Lipinski definition) is 4. The standard InChI is InChI=1S/C21H23NO6S/c23-9-15(24)11-29-12-19(20(25)26)22-21(27)28-10-14-5-3-7-17-16-6-2-1-4-13(16)8-18(14)17/h1-7,15,19,23-24H,8-12H2,(H,22,27)(H,25,26)/t15-,19-/m0/s1. The summed E-state index contributed by atoms with van der Waals surface area (Å²) >= 11 is 1.13. The van der Waals surface area contributed by atoms with Crippen molar-refractivity contribution < 1.29 is 29.6 Å². The van der Waals surface area contributed by atoms with Crippen molar-refractivity contribution in [3.8, 4) is 11.1 Å². The van der Waals surface area contributed by atoms with E-state index in [4.69, 9.17) is 9.84 Å². The molecule has 1 aliphatic carbocycles. The van der Waals surface area contributed by atoms with E-state index in [1.807, 2.05) is 30.3 Å². The van der Waals surface area contributed by atoms with E-state index < -0.39 is 30.8 Å². The molecule has 0 radical (unpaired) electrons. The third-order valence-electron chi connectivity index (χ3n) is 4.70. The lowest BCUT2D eigenvalue weighted by molar-refractivity contribution is -0.138. The number of alkyl carbamates (subject to hydrolysis) is 1. The van der Waals surface area contributed by atoms with Crippen molar-refractivity contribution in [1.29, 1.82) is 0 Å². The van der Waals surface area contributed by atoms with Gasteiger partial charge in [-0.3, -0.25) is 0 Å². The minimum atomic E-state index is -1.19. The van der Waals surface area contributed by atoms with E-state index in [0.29, 0.717) is 0 Å². The Morgan fingerprint density at radius 1 is 1.10 bits per heavy atom. The molecule has 2 atom stereocenters. The molecule has 3 rings (SSSR count). The maximum Gasteiger partial charge on any atom is 0.408 e. The molecular formula is C21H23NO6S. The highest BCUT2D eigenvalue weighted by Gasteiger charge is 2.23. The average Bonchev–Trinajstić information content (AvgIpc) is 3.10. The van der Waals surface area contributed by atoms with Gasteiger partial charge >= 0.3 is 12.1 Å². The van der Waals surface area contributed by atoms with Gasteiger partial charge in [-0.15, -0.1) is 0 Å².